The molecule has 0 bridgehead atoms. The Morgan fingerprint density at radius 2 is 1.76 bits per heavy atom. The third kappa shape index (κ3) is 5.88. The number of nitrogens with zero attached hydrogens (tertiary/aromatic N) is 3. The maximum absolute atomic E-state index is 13.2. The molecule has 1 atom stereocenters. The summed E-state index contributed by atoms with van der Waals surface area (Å²) < 4.78 is 0.906. The molecule has 1 aliphatic heterocycles. The monoisotopic (exact) mass is 522 g/mol. The fourth-order valence-corrected chi connectivity index (χ4v) is 4.46. The number of carbonyl (C=O) groups excluding carboxylic acids is 2. The Labute approximate surface area is 203 Å². The van der Waals surface area contributed by atoms with Crippen LogP contribution in [0.4, 0.5) is 11.4 Å². The Kier molecular flexibility index (Phi) is 7.21. The van der Waals surface area contributed by atoms with Crippen molar-refractivity contribution in [3.63, 3.8) is 0 Å². The van der Waals surface area contributed by atoms with E-state index in [1.54, 1.807) is 30.5 Å². The highest BCUT2D eigenvalue weighted by molar-refractivity contribution is 9.10. The van der Waals surface area contributed by atoms with Crippen molar-refractivity contribution in [3.8, 4) is 5.75 Å². The van der Waals surface area contributed by atoms with Gasteiger partial charge in [0.25, 0.3) is 0 Å². The zero-order valence-electron chi connectivity index (χ0n) is 17.3. The number of benzene rings is 3. The van der Waals surface area contributed by atoms with Gasteiger partial charge >= 0.3 is 0 Å². The molecule has 166 valence electrons. The van der Waals surface area contributed by atoms with Gasteiger partial charge in [0.05, 0.1) is 11.9 Å². The van der Waals surface area contributed by atoms with Crippen molar-refractivity contribution >= 4 is 62.3 Å². The number of thioether (sulfide) groups is 1. The van der Waals surface area contributed by atoms with Gasteiger partial charge in [-0.1, -0.05) is 58.0 Å². The molecule has 0 radical (unpaired) electrons. The van der Waals surface area contributed by atoms with Crippen molar-refractivity contribution in [2.45, 2.75) is 11.7 Å². The van der Waals surface area contributed by atoms with E-state index in [1.807, 2.05) is 42.5 Å². The number of halogens is 1. The minimum Gasteiger partial charge on any atom is -0.508 e. The molecule has 0 unspecified atom stereocenters. The quantitative estimate of drug-likeness (QED) is 0.351. The van der Waals surface area contributed by atoms with Gasteiger partial charge in [0, 0.05) is 16.6 Å². The normalized spacial score (nSPS) is 17.1. The molecule has 2 amide bonds. The first-order valence-corrected chi connectivity index (χ1v) is 11.7. The highest BCUT2D eigenvalue weighted by Crippen LogP contribution is 2.34. The number of carbonyl (C=O) groups is 2. The van der Waals surface area contributed by atoms with Crippen LogP contribution in [-0.2, 0) is 9.59 Å². The Hall–Kier alpha value is -3.43. The van der Waals surface area contributed by atoms with Gasteiger partial charge in [0.1, 0.15) is 11.0 Å². The number of phenolic OH excluding ortho intramolecular Hbond substituents is 1. The smallest absolute Gasteiger partial charge is 0.247 e. The number of phenols is 1. The second kappa shape index (κ2) is 10.5. The second-order valence-electron chi connectivity index (χ2n) is 7.09. The van der Waals surface area contributed by atoms with Crippen LogP contribution in [0.25, 0.3) is 0 Å². The Balaban J connectivity index is 1.53. The number of hydrogen-bond donors (Lipinski definition) is 2. The molecule has 0 aromatic heterocycles. The summed E-state index contributed by atoms with van der Waals surface area (Å²) in [5, 5.41) is 20.5. The molecule has 7 nitrogen and oxygen atoms in total. The van der Waals surface area contributed by atoms with Crippen molar-refractivity contribution in [1.82, 2.24) is 0 Å². The second-order valence-corrected chi connectivity index (χ2v) is 9.18. The maximum Gasteiger partial charge on any atom is 0.247 e. The summed E-state index contributed by atoms with van der Waals surface area (Å²) in [6.07, 6.45) is 1.58. The van der Waals surface area contributed by atoms with E-state index in [4.69, 9.17) is 0 Å². The van der Waals surface area contributed by atoms with Gasteiger partial charge in [-0.15, -0.1) is 5.10 Å². The number of amidine groups is 1. The van der Waals surface area contributed by atoms with Gasteiger partial charge in [-0.2, -0.15) is 5.10 Å². The minimum absolute atomic E-state index is 0.0183. The van der Waals surface area contributed by atoms with Crippen LogP contribution in [0.15, 0.2) is 93.5 Å². The molecule has 1 saturated heterocycles. The van der Waals surface area contributed by atoms with Crippen LogP contribution in [0.1, 0.15) is 12.0 Å². The molecule has 3 aromatic carbocycles. The number of hydrogen-bond acceptors (Lipinski definition) is 6. The van der Waals surface area contributed by atoms with Crippen LogP contribution in [0.2, 0.25) is 0 Å². The predicted molar refractivity (Wildman–Crippen MR) is 136 cm³/mol. The number of aromatic hydroxyl groups is 1. The van der Waals surface area contributed by atoms with E-state index in [2.05, 4.69) is 31.4 Å². The first-order chi connectivity index (χ1) is 16.0. The van der Waals surface area contributed by atoms with Crippen LogP contribution in [0.3, 0.4) is 0 Å². The summed E-state index contributed by atoms with van der Waals surface area (Å²) in [4.78, 5) is 27.2. The Bertz CT molecular complexity index is 1200. The lowest BCUT2D eigenvalue weighted by molar-refractivity contribution is -0.121. The summed E-state index contributed by atoms with van der Waals surface area (Å²) in [7, 11) is 0. The van der Waals surface area contributed by atoms with Gasteiger partial charge in [-0.05, 0) is 54.1 Å². The Morgan fingerprint density at radius 1 is 1.06 bits per heavy atom. The van der Waals surface area contributed by atoms with Crippen molar-refractivity contribution < 1.29 is 14.7 Å². The zero-order chi connectivity index (χ0) is 23.2. The molecule has 9 heteroatoms. The lowest BCUT2D eigenvalue weighted by Gasteiger charge is -2.15. The summed E-state index contributed by atoms with van der Waals surface area (Å²) in [5.41, 5.74) is 2.06. The van der Waals surface area contributed by atoms with E-state index in [1.165, 1.54) is 28.8 Å². The van der Waals surface area contributed by atoms with E-state index < -0.39 is 5.25 Å². The van der Waals surface area contributed by atoms with Crippen LogP contribution in [0, 0.1) is 0 Å². The fourth-order valence-electron chi connectivity index (χ4n) is 3.10. The molecule has 4 rings (SSSR count). The summed E-state index contributed by atoms with van der Waals surface area (Å²) >= 11 is 4.54. The van der Waals surface area contributed by atoms with E-state index in [-0.39, 0.29) is 24.0 Å². The van der Waals surface area contributed by atoms with E-state index >= 15 is 0 Å². The van der Waals surface area contributed by atoms with Gasteiger partial charge < -0.3 is 10.4 Å². The van der Waals surface area contributed by atoms with Gasteiger partial charge in [-0.3, -0.25) is 14.5 Å². The molecule has 1 fully saturated rings. The van der Waals surface area contributed by atoms with Gasteiger partial charge in [-0.25, -0.2) is 0 Å². The van der Waals surface area contributed by atoms with Crippen molar-refractivity contribution in [3.05, 3.63) is 88.9 Å². The molecular weight excluding hydrogens is 504 g/mol. The van der Waals surface area contributed by atoms with Gasteiger partial charge in [0.15, 0.2) is 5.17 Å². The first-order valence-electron chi connectivity index (χ1n) is 10.0. The topological polar surface area (TPSA) is 94.4 Å². The summed E-state index contributed by atoms with van der Waals surface area (Å²) in [6.45, 7) is 0. The molecule has 33 heavy (non-hydrogen) atoms. The predicted octanol–water partition coefficient (Wildman–Crippen LogP) is 5.02. The van der Waals surface area contributed by atoms with E-state index in [9.17, 15) is 14.7 Å². The maximum atomic E-state index is 13.2. The number of nitrogens with one attached hydrogen (secondary N) is 1. The SMILES string of the molecule is O=C(C[C@@H]1S/C(=N\N=C/c2ccccc2)N(c2ccc(O)cc2)C1=O)Nc1ccc(Br)cc1. The van der Waals surface area contributed by atoms with Crippen molar-refractivity contribution in [1.29, 1.82) is 0 Å². The van der Waals surface area contributed by atoms with Crippen molar-refractivity contribution in [2.75, 3.05) is 10.2 Å². The van der Waals surface area contributed by atoms with E-state index in [0.29, 0.717) is 16.5 Å². The number of amides is 2. The average molecular weight is 523 g/mol. The molecule has 0 saturated carbocycles. The van der Waals surface area contributed by atoms with Crippen LogP contribution >= 0.6 is 27.7 Å². The molecule has 1 heterocycles. The third-order valence-corrected chi connectivity index (χ3v) is 6.35. The molecule has 0 aliphatic carbocycles. The van der Waals surface area contributed by atoms with Gasteiger partial charge in [0.2, 0.25) is 11.8 Å². The number of rotatable bonds is 6. The van der Waals surface area contributed by atoms with Crippen LogP contribution in [0.5, 0.6) is 5.75 Å². The molecule has 2 N–H and O–H groups in total. The van der Waals surface area contributed by atoms with E-state index in [0.717, 1.165) is 10.0 Å². The summed E-state index contributed by atoms with van der Waals surface area (Å²) in [5.74, 6) is -0.461. The highest BCUT2D eigenvalue weighted by atomic mass is 79.9. The summed E-state index contributed by atoms with van der Waals surface area (Å²) in [6, 6.07) is 22.9. The molecular formula is C24H19BrN4O3S. The largest absolute Gasteiger partial charge is 0.508 e. The number of anilines is 2. The average Bonchev–Trinajstić information content (AvgIpc) is 3.11. The lowest BCUT2D eigenvalue weighted by Crippen LogP contribution is -2.33. The van der Waals surface area contributed by atoms with Crippen LogP contribution < -0.4 is 10.2 Å². The van der Waals surface area contributed by atoms with Crippen LogP contribution in [-0.4, -0.2) is 33.6 Å². The molecule has 3 aromatic rings. The first kappa shape index (κ1) is 22.8. The standard InChI is InChI=1S/C24H19BrN4O3S/c25-17-6-8-18(9-7-17)27-22(31)14-21-23(32)29(19-10-12-20(30)13-11-19)24(33-21)28-26-15-16-4-2-1-3-5-16/h1-13,15,21,30H,14H2,(H,27,31)/b26-15-,28-24-/t21-/m0/s1. The third-order valence-electron chi connectivity index (χ3n) is 4.69. The lowest BCUT2D eigenvalue weighted by atomic mass is 10.2. The zero-order valence-corrected chi connectivity index (χ0v) is 19.7. The fraction of sp³-hybridized carbons (Fsp3) is 0.0833. The highest BCUT2D eigenvalue weighted by Gasteiger charge is 2.40. The minimum atomic E-state index is -0.653. The molecule has 0 spiro atoms. The van der Waals surface area contributed by atoms with Crippen molar-refractivity contribution in [2.24, 2.45) is 10.2 Å². The molecule has 1 aliphatic rings. The Morgan fingerprint density at radius 3 is 2.45 bits per heavy atom.